The lowest BCUT2D eigenvalue weighted by atomic mass is 9.77. The Morgan fingerprint density at radius 2 is 1.40 bits per heavy atom. The summed E-state index contributed by atoms with van der Waals surface area (Å²) >= 11 is 1.44. The summed E-state index contributed by atoms with van der Waals surface area (Å²) in [6.07, 6.45) is 1.09. The summed E-state index contributed by atoms with van der Waals surface area (Å²) in [7, 11) is -2.66. The third kappa shape index (κ3) is 9.49. The van der Waals surface area contributed by atoms with E-state index in [1.165, 1.54) is 11.8 Å². The van der Waals surface area contributed by atoms with Crippen molar-refractivity contribution in [2.45, 2.75) is 113 Å². The van der Waals surface area contributed by atoms with Crippen molar-refractivity contribution >= 4 is 34.2 Å². The van der Waals surface area contributed by atoms with E-state index in [-0.39, 0.29) is 28.9 Å². The van der Waals surface area contributed by atoms with Gasteiger partial charge in [-0.3, -0.25) is 4.57 Å². The summed E-state index contributed by atoms with van der Waals surface area (Å²) in [5, 5.41) is 13.8. The van der Waals surface area contributed by atoms with Crippen LogP contribution in [-0.4, -0.2) is 69.6 Å². The van der Waals surface area contributed by atoms with Crippen molar-refractivity contribution in [3.8, 4) is 5.75 Å². The molecule has 1 aromatic heterocycles. The zero-order valence-electron chi connectivity index (χ0n) is 34.5. The van der Waals surface area contributed by atoms with Gasteiger partial charge in [-0.2, -0.15) is 4.98 Å². The highest BCUT2D eigenvalue weighted by Gasteiger charge is 2.47. The fourth-order valence-electron chi connectivity index (χ4n) is 6.33. The summed E-state index contributed by atoms with van der Waals surface area (Å²) < 4.78 is 27.6. The molecular weight excluding hydrogens is 743 g/mol. The van der Waals surface area contributed by atoms with Gasteiger partial charge < -0.3 is 28.7 Å². The smallest absolute Gasteiger partial charge is 0.351 e. The Kier molecular flexibility index (Phi) is 13.3. The van der Waals surface area contributed by atoms with Gasteiger partial charge in [0, 0.05) is 18.4 Å². The molecule has 1 aliphatic heterocycles. The molecule has 3 aromatic carbocycles. The number of ether oxygens (including phenoxy) is 2. The Balaban J connectivity index is 1.60. The minimum Gasteiger partial charge on any atom is -0.497 e. The van der Waals surface area contributed by atoms with Crippen molar-refractivity contribution in [3.63, 3.8) is 0 Å². The number of benzene rings is 3. The number of nitrogens with one attached hydrogen (secondary N) is 1. The lowest BCUT2D eigenvalue weighted by molar-refractivity contribution is -0.0414. The van der Waals surface area contributed by atoms with E-state index in [2.05, 4.69) is 97.3 Å². The number of rotatable bonds is 15. The quantitative estimate of drug-likeness (QED) is 0.0691. The second-order valence-corrected chi connectivity index (χ2v) is 28.1. The molecule has 1 aliphatic rings. The molecule has 12 heteroatoms. The van der Waals surface area contributed by atoms with Gasteiger partial charge in [0.05, 0.1) is 31.3 Å². The zero-order valence-corrected chi connectivity index (χ0v) is 37.3. The maximum atomic E-state index is 14.3. The molecule has 4 aromatic rings. The number of aromatic nitrogens is 2. The molecule has 0 bridgehead atoms. The Hall–Kier alpha value is -3.24. The number of aliphatic hydroxyl groups is 1. The van der Waals surface area contributed by atoms with Gasteiger partial charge in [0.1, 0.15) is 29.4 Å². The van der Waals surface area contributed by atoms with Crippen LogP contribution in [0.2, 0.25) is 36.3 Å². The number of thioether (sulfide) groups is 1. The number of hydrogen-bond acceptors (Lipinski definition) is 9. The first-order valence-electron chi connectivity index (χ1n) is 19.2. The minimum absolute atomic E-state index is 0.0103. The lowest BCUT2D eigenvalue weighted by Gasteiger charge is -2.40. The van der Waals surface area contributed by atoms with Crippen LogP contribution in [0.3, 0.4) is 0 Å². The standard InChI is InChI=1S/C43H61N3O6SSi2/c1-41(2,3)54(8,9)50-30-36-35(52-55(10,11)42(4,5)6)28-38(51-36)46-29-37(53-27-26-47)39(44-40(46)48)45-43(31-18-14-12-15-19-31,32-20-16-13-17-21-32)33-22-24-34(49-7)25-23-33/h12-25,29,35-36,38,47H,26-28,30H2,1-11H3,(H,44,45,48)/t35-,36+,38-/m0/s1. The van der Waals surface area contributed by atoms with Gasteiger partial charge in [0.2, 0.25) is 0 Å². The molecule has 5 rings (SSSR count). The molecule has 0 aliphatic carbocycles. The summed E-state index contributed by atoms with van der Waals surface area (Å²) in [5.41, 5.74) is 1.47. The van der Waals surface area contributed by atoms with Gasteiger partial charge in [0.15, 0.2) is 16.6 Å². The summed E-state index contributed by atoms with van der Waals surface area (Å²) in [5.74, 6) is 1.55. The van der Waals surface area contributed by atoms with Crippen molar-refractivity contribution in [3.05, 3.63) is 118 Å². The highest BCUT2D eigenvalue weighted by molar-refractivity contribution is 7.99. The lowest BCUT2D eigenvalue weighted by Crippen LogP contribution is -2.48. The zero-order chi connectivity index (χ0) is 40.2. The molecule has 0 amide bonds. The van der Waals surface area contributed by atoms with Gasteiger partial charge in [-0.05, 0) is 65.1 Å². The second kappa shape index (κ2) is 17.1. The fourth-order valence-corrected chi connectivity index (χ4v) is 9.43. The maximum Gasteiger partial charge on any atom is 0.351 e. The van der Waals surface area contributed by atoms with E-state index in [0.29, 0.717) is 29.5 Å². The average molecular weight is 804 g/mol. The fraction of sp³-hybridized carbons (Fsp3) is 0.488. The third-order valence-electron chi connectivity index (χ3n) is 11.7. The second-order valence-electron chi connectivity index (χ2n) is 17.4. The SMILES string of the molecule is COc1ccc(C(Nc2nc(=O)n([C@@H]3C[C@H](O[Si](C)(C)C(C)(C)C)[C@@H](CO[Si](C)(C)C(C)(C)C)O3)cc2SCCO)(c2ccccc2)c2ccccc2)cc1. The molecule has 0 spiro atoms. The van der Waals surface area contributed by atoms with Crippen molar-refractivity contribution in [2.24, 2.45) is 0 Å². The highest BCUT2D eigenvalue weighted by atomic mass is 32.2. The Labute approximate surface area is 334 Å². The molecule has 1 saturated heterocycles. The molecule has 2 N–H and O–H groups in total. The predicted octanol–water partition coefficient (Wildman–Crippen LogP) is 9.44. The van der Waals surface area contributed by atoms with Crippen LogP contribution in [0.4, 0.5) is 5.82 Å². The van der Waals surface area contributed by atoms with Crippen LogP contribution in [0.1, 0.15) is 70.9 Å². The number of methoxy groups -OCH3 is 1. The Bertz CT molecular complexity index is 1870. The van der Waals surface area contributed by atoms with E-state index in [4.69, 9.17) is 23.3 Å². The molecule has 298 valence electrons. The molecule has 9 nitrogen and oxygen atoms in total. The van der Waals surface area contributed by atoms with Crippen molar-refractivity contribution in [1.82, 2.24) is 9.55 Å². The molecule has 0 unspecified atom stereocenters. The summed E-state index contributed by atoms with van der Waals surface area (Å²) in [4.78, 5) is 19.8. The molecule has 2 heterocycles. The number of nitrogens with zero attached hydrogens (tertiary/aromatic N) is 2. The van der Waals surface area contributed by atoms with E-state index in [1.54, 1.807) is 11.7 Å². The van der Waals surface area contributed by atoms with Gasteiger partial charge in [-0.15, -0.1) is 11.8 Å². The molecule has 3 atom stereocenters. The van der Waals surface area contributed by atoms with Crippen molar-refractivity contribution in [2.75, 3.05) is 31.4 Å². The number of aliphatic hydroxyl groups excluding tert-OH is 1. The van der Waals surface area contributed by atoms with Gasteiger partial charge in [-0.1, -0.05) is 114 Å². The van der Waals surface area contributed by atoms with E-state index < -0.39 is 34.1 Å². The Morgan fingerprint density at radius 1 is 0.855 bits per heavy atom. The molecular formula is C43H61N3O6SSi2. The first-order valence-corrected chi connectivity index (χ1v) is 26.0. The van der Waals surface area contributed by atoms with Crippen LogP contribution in [0.15, 0.2) is 101 Å². The first kappa shape index (κ1) is 42.9. The van der Waals surface area contributed by atoms with E-state index in [0.717, 1.165) is 22.4 Å². The Morgan fingerprint density at radius 3 is 1.91 bits per heavy atom. The van der Waals surface area contributed by atoms with Crippen molar-refractivity contribution < 1.29 is 23.4 Å². The van der Waals surface area contributed by atoms with E-state index in [1.807, 2.05) is 66.9 Å². The summed E-state index contributed by atoms with van der Waals surface area (Å²) in [6, 6.07) is 28.3. The van der Waals surface area contributed by atoms with E-state index >= 15 is 0 Å². The molecule has 1 fully saturated rings. The van der Waals surface area contributed by atoms with Crippen LogP contribution in [0.25, 0.3) is 0 Å². The number of anilines is 1. The largest absolute Gasteiger partial charge is 0.497 e. The maximum absolute atomic E-state index is 14.3. The number of hydrogen-bond donors (Lipinski definition) is 2. The highest BCUT2D eigenvalue weighted by Crippen LogP contribution is 2.44. The topological polar surface area (TPSA) is 104 Å². The van der Waals surface area contributed by atoms with E-state index in [9.17, 15) is 9.90 Å². The van der Waals surface area contributed by atoms with Crippen LogP contribution >= 0.6 is 11.8 Å². The predicted molar refractivity (Wildman–Crippen MR) is 229 cm³/mol. The van der Waals surface area contributed by atoms with Gasteiger partial charge in [0.25, 0.3) is 0 Å². The van der Waals surface area contributed by atoms with Crippen molar-refractivity contribution in [1.29, 1.82) is 0 Å². The molecule has 55 heavy (non-hydrogen) atoms. The normalized spacial score (nSPS) is 18.4. The van der Waals surface area contributed by atoms with Gasteiger partial charge in [-0.25, -0.2) is 4.79 Å². The van der Waals surface area contributed by atoms with Crippen LogP contribution in [0.5, 0.6) is 5.75 Å². The third-order valence-corrected chi connectivity index (χ3v) is 21.7. The molecule has 0 saturated carbocycles. The average Bonchev–Trinajstić information content (AvgIpc) is 3.53. The van der Waals surface area contributed by atoms with Gasteiger partial charge >= 0.3 is 5.69 Å². The summed E-state index contributed by atoms with van der Waals surface area (Å²) in [6.45, 7) is 22.7. The minimum atomic E-state index is -2.21. The van der Waals surface area contributed by atoms with Crippen LogP contribution in [-0.2, 0) is 19.1 Å². The van der Waals surface area contributed by atoms with Crippen LogP contribution < -0.4 is 15.7 Å². The van der Waals surface area contributed by atoms with Crippen LogP contribution in [0, 0.1) is 0 Å². The molecule has 0 radical (unpaired) electrons. The first-order chi connectivity index (χ1) is 25.8. The monoisotopic (exact) mass is 803 g/mol.